The van der Waals surface area contributed by atoms with Crippen LogP contribution in [0.2, 0.25) is 0 Å². The molecule has 2 heterocycles. The van der Waals surface area contributed by atoms with Gasteiger partial charge >= 0.3 is 0 Å². The lowest BCUT2D eigenvalue weighted by Crippen LogP contribution is -2.48. The van der Waals surface area contributed by atoms with E-state index in [2.05, 4.69) is 5.32 Å². The minimum Gasteiger partial charge on any atom is -0.372 e. The highest BCUT2D eigenvalue weighted by atomic mass is 32.1. The van der Waals surface area contributed by atoms with E-state index in [1.165, 1.54) is 11.3 Å². The van der Waals surface area contributed by atoms with Crippen LogP contribution in [-0.4, -0.2) is 48.6 Å². The zero-order valence-electron chi connectivity index (χ0n) is 12.1. The number of ether oxygens (including phenoxy) is 1. The summed E-state index contributed by atoms with van der Waals surface area (Å²) in [5, 5.41) is 5.02. The van der Waals surface area contributed by atoms with Gasteiger partial charge < -0.3 is 15.0 Å². The molecular formula is C15H20N2O3S. The van der Waals surface area contributed by atoms with Crippen molar-refractivity contribution < 1.29 is 14.3 Å². The largest absolute Gasteiger partial charge is 0.372 e. The van der Waals surface area contributed by atoms with Crippen LogP contribution in [0.5, 0.6) is 0 Å². The van der Waals surface area contributed by atoms with Crippen LogP contribution in [-0.2, 0) is 9.53 Å². The van der Waals surface area contributed by atoms with Crippen LogP contribution in [0.3, 0.4) is 0 Å². The highest BCUT2D eigenvalue weighted by molar-refractivity contribution is 7.12. The third-order valence-corrected chi connectivity index (χ3v) is 5.22. The lowest BCUT2D eigenvalue weighted by atomic mass is 10.0. The van der Waals surface area contributed by atoms with Gasteiger partial charge in [-0.15, -0.1) is 11.3 Å². The fraction of sp³-hybridized carbons (Fsp3) is 0.600. The summed E-state index contributed by atoms with van der Waals surface area (Å²) in [5.41, 5.74) is 0. The first kappa shape index (κ1) is 14.5. The van der Waals surface area contributed by atoms with Gasteiger partial charge in [0.1, 0.15) is 6.61 Å². The first-order valence-electron chi connectivity index (χ1n) is 7.40. The SMILES string of the molecule is CCOCC(=O)N1C[C@@H]2C[C@H]1C[C@@H]2NC(=O)c1cccs1. The van der Waals surface area contributed by atoms with Crippen LogP contribution in [0.4, 0.5) is 0 Å². The number of hydrogen-bond donors (Lipinski definition) is 1. The highest BCUT2D eigenvalue weighted by Crippen LogP contribution is 2.38. The summed E-state index contributed by atoms with van der Waals surface area (Å²) < 4.78 is 5.20. The molecule has 1 saturated heterocycles. The smallest absolute Gasteiger partial charge is 0.261 e. The van der Waals surface area contributed by atoms with Gasteiger partial charge in [-0.25, -0.2) is 0 Å². The molecule has 2 bridgehead atoms. The van der Waals surface area contributed by atoms with Gasteiger partial charge in [0.25, 0.3) is 5.91 Å². The number of nitrogens with zero attached hydrogens (tertiary/aromatic N) is 1. The van der Waals surface area contributed by atoms with Gasteiger partial charge in [0, 0.05) is 25.2 Å². The van der Waals surface area contributed by atoms with Gasteiger partial charge in [0.15, 0.2) is 0 Å². The predicted octanol–water partition coefficient (Wildman–Crippen LogP) is 1.50. The summed E-state index contributed by atoms with van der Waals surface area (Å²) in [5.74, 6) is 0.464. The van der Waals surface area contributed by atoms with Crippen molar-refractivity contribution in [2.45, 2.75) is 31.8 Å². The van der Waals surface area contributed by atoms with Crippen molar-refractivity contribution in [2.24, 2.45) is 5.92 Å². The van der Waals surface area contributed by atoms with E-state index in [1.54, 1.807) is 0 Å². The average molecular weight is 308 g/mol. The van der Waals surface area contributed by atoms with E-state index in [-0.39, 0.29) is 30.5 Å². The van der Waals surface area contributed by atoms with E-state index in [1.807, 2.05) is 29.3 Å². The molecule has 3 atom stereocenters. The summed E-state index contributed by atoms with van der Waals surface area (Å²) in [7, 11) is 0. The molecule has 1 saturated carbocycles. The van der Waals surface area contributed by atoms with E-state index in [0.717, 1.165) is 24.3 Å². The van der Waals surface area contributed by atoms with E-state index >= 15 is 0 Å². The second-order valence-electron chi connectivity index (χ2n) is 5.63. The minimum absolute atomic E-state index is 0.00902. The summed E-state index contributed by atoms with van der Waals surface area (Å²) in [6.07, 6.45) is 1.85. The van der Waals surface area contributed by atoms with Gasteiger partial charge in [0.05, 0.1) is 4.88 Å². The summed E-state index contributed by atoms with van der Waals surface area (Å²) in [4.78, 5) is 26.8. The van der Waals surface area contributed by atoms with Crippen LogP contribution >= 0.6 is 11.3 Å². The second kappa shape index (κ2) is 6.15. The van der Waals surface area contributed by atoms with Crippen molar-refractivity contribution in [1.29, 1.82) is 0 Å². The van der Waals surface area contributed by atoms with E-state index in [0.29, 0.717) is 12.5 Å². The third kappa shape index (κ3) is 2.96. The maximum absolute atomic E-state index is 12.1. The number of thiophene rings is 1. The Morgan fingerprint density at radius 2 is 2.33 bits per heavy atom. The molecule has 2 amide bonds. The number of amides is 2. The molecule has 21 heavy (non-hydrogen) atoms. The molecule has 2 aliphatic rings. The zero-order valence-corrected chi connectivity index (χ0v) is 12.9. The van der Waals surface area contributed by atoms with Crippen LogP contribution in [0, 0.1) is 5.92 Å². The molecule has 3 rings (SSSR count). The predicted molar refractivity (Wildman–Crippen MR) is 80.3 cm³/mol. The molecule has 114 valence electrons. The maximum atomic E-state index is 12.1. The lowest BCUT2D eigenvalue weighted by Gasteiger charge is -2.31. The highest BCUT2D eigenvalue weighted by Gasteiger charge is 2.46. The Morgan fingerprint density at radius 3 is 2.95 bits per heavy atom. The lowest BCUT2D eigenvalue weighted by molar-refractivity contribution is -0.137. The van der Waals surface area contributed by atoms with Crippen molar-refractivity contribution >= 4 is 23.2 Å². The van der Waals surface area contributed by atoms with Gasteiger partial charge in [0.2, 0.25) is 5.91 Å². The van der Waals surface area contributed by atoms with Gasteiger partial charge in [-0.1, -0.05) is 6.07 Å². The fourth-order valence-corrected chi connectivity index (χ4v) is 3.98. The van der Waals surface area contributed by atoms with Crippen LogP contribution in [0.25, 0.3) is 0 Å². The van der Waals surface area contributed by atoms with E-state index in [4.69, 9.17) is 4.74 Å². The first-order chi connectivity index (χ1) is 10.2. The normalized spacial score (nSPS) is 27.1. The molecule has 1 N–H and O–H groups in total. The minimum atomic E-state index is 0.00902. The molecule has 1 aliphatic heterocycles. The molecule has 6 heteroatoms. The average Bonchev–Trinajstić information content (AvgIpc) is 3.19. The van der Waals surface area contributed by atoms with Gasteiger partial charge in [-0.2, -0.15) is 0 Å². The number of hydrogen-bond acceptors (Lipinski definition) is 4. The number of nitrogens with one attached hydrogen (secondary N) is 1. The third-order valence-electron chi connectivity index (χ3n) is 4.35. The summed E-state index contributed by atoms with van der Waals surface area (Å²) in [6, 6.07) is 4.18. The molecule has 0 unspecified atom stereocenters. The molecular weight excluding hydrogens is 288 g/mol. The first-order valence-corrected chi connectivity index (χ1v) is 8.28. The zero-order chi connectivity index (χ0) is 14.8. The van der Waals surface area contributed by atoms with E-state index < -0.39 is 0 Å². The maximum Gasteiger partial charge on any atom is 0.261 e. The number of carbonyl (C=O) groups is 2. The Hall–Kier alpha value is -1.40. The van der Waals surface area contributed by atoms with Crippen LogP contribution in [0.1, 0.15) is 29.4 Å². The molecule has 5 nitrogen and oxygen atoms in total. The van der Waals surface area contributed by atoms with Crippen LogP contribution < -0.4 is 5.32 Å². The Balaban J connectivity index is 1.53. The molecule has 1 aliphatic carbocycles. The number of fused-ring (bicyclic) bond motifs is 2. The number of rotatable bonds is 5. The summed E-state index contributed by atoms with van der Waals surface area (Å²) in [6.45, 7) is 3.37. The molecule has 1 aromatic heterocycles. The van der Waals surface area contributed by atoms with Crippen molar-refractivity contribution in [3.05, 3.63) is 22.4 Å². The Labute approximate surface area is 128 Å². The monoisotopic (exact) mass is 308 g/mol. The molecule has 0 radical (unpaired) electrons. The number of piperidine rings is 1. The van der Waals surface area contributed by atoms with Gasteiger partial charge in [-0.05, 0) is 37.1 Å². The number of carbonyl (C=O) groups excluding carboxylic acids is 2. The molecule has 0 spiro atoms. The summed E-state index contributed by atoms with van der Waals surface area (Å²) >= 11 is 1.46. The van der Waals surface area contributed by atoms with E-state index in [9.17, 15) is 9.59 Å². The topological polar surface area (TPSA) is 58.6 Å². The quantitative estimate of drug-likeness (QED) is 0.897. The Kier molecular flexibility index (Phi) is 4.26. The Morgan fingerprint density at radius 1 is 1.48 bits per heavy atom. The van der Waals surface area contributed by atoms with Crippen molar-refractivity contribution in [2.75, 3.05) is 19.8 Å². The van der Waals surface area contributed by atoms with Crippen molar-refractivity contribution in [3.8, 4) is 0 Å². The molecule has 0 aromatic carbocycles. The Bertz CT molecular complexity index is 517. The van der Waals surface area contributed by atoms with Crippen molar-refractivity contribution in [3.63, 3.8) is 0 Å². The molecule has 1 aromatic rings. The molecule has 2 fully saturated rings. The second-order valence-corrected chi connectivity index (χ2v) is 6.57. The van der Waals surface area contributed by atoms with Crippen molar-refractivity contribution in [1.82, 2.24) is 10.2 Å². The number of likely N-dealkylation sites (tertiary alicyclic amines) is 1. The fourth-order valence-electron chi connectivity index (χ4n) is 3.36. The van der Waals surface area contributed by atoms with Gasteiger partial charge in [-0.3, -0.25) is 9.59 Å². The van der Waals surface area contributed by atoms with Crippen LogP contribution in [0.15, 0.2) is 17.5 Å². The standard InChI is InChI=1S/C15H20N2O3S/c1-2-20-9-14(18)17-8-10-6-11(17)7-12(10)16-15(19)13-4-3-5-21-13/h3-5,10-12H,2,6-9H2,1H3,(H,16,19)/t10-,11-,12-/m0/s1.